The number of para-hydroxylation sites is 2. The van der Waals surface area contributed by atoms with E-state index in [1.54, 1.807) is 13.3 Å². The van der Waals surface area contributed by atoms with Crippen molar-refractivity contribution in [1.82, 2.24) is 4.98 Å². The zero-order valence-electron chi connectivity index (χ0n) is 22.7. The highest BCUT2D eigenvalue weighted by Gasteiger charge is 2.31. The highest BCUT2D eigenvalue weighted by atomic mass is 19.1. The van der Waals surface area contributed by atoms with Crippen LogP contribution >= 0.6 is 0 Å². The third kappa shape index (κ3) is 6.11. The number of hydrogen-bond acceptors (Lipinski definition) is 7. The molecule has 0 saturated heterocycles. The van der Waals surface area contributed by atoms with Gasteiger partial charge in [0.1, 0.15) is 5.82 Å². The van der Waals surface area contributed by atoms with Gasteiger partial charge in [-0.25, -0.2) is 9.37 Å². The summed E-state index contributed by atoms with van der Waals surface area (Å²) in [5.41, 5.74) is 5.54. The lowest BCUT2D eigenvalue weighted by atomic mass is 9.92. The van der Waals surface area contributed by atoms with Crippen molar-refractivity contribution < 1.29 is 14.2 Å². The summed E-state index contributed by atoms with van der Waals surface area (Å²) in [6.07, 6.45) is 5.41. The number of aliphatic hydroxyl groups is 1. The van der Waals surface area contributed by atoms with Gasteiger partial charge in [-0.15, -0.1) is 0 Å². The number of aromatic nitrogens is 1. The van der Waals surface area contributed by atoms with Crippen LogP contribution < -0.4 is 15.0 Å². The number of pyridine rings is 1. The Morgan fingerprint density at radius 3 is 2.59 bits per heavy atom. The van der Waals surface area contributed by atoms with Crippen molar-refractivity contribution in [3.05, 3.63) is 72.7 Å². The van der Waals surface area contributed by atoms with E-state index >= 15 is 0 Å². The minimum atomic E-state index is -0.262. The van der Waals surface area contributed by atoms with Crippen molar-refractivity contribution in [1.29, 1.82) is 0 Å². The van der Waals surface area contributed by atoms with E-state index in [1.165, 1.54) is 12.1 Å². The molecule has 5 rings (SSSR count). The number of aliphatic imine (C=N–C) groups is 2. The van der Waals surface area contributed by atoms with Gasteiger partial charge in [-0.05, 0) is 88.1 Å². The summed E-state index contributed by atoms with van der Waals surface area (Å²) in [7, 11) is 1.61. The molecule has 2 heterocycles. The molecular formula is C31H36FN5O2. The standard InChI is InChI=1S/C31H36FN5O2/c1-20(34-23-12-16-25(38)17-13-23)28(36-27-8-6-18-33-31(27)39-3)19-29-21(2)37(24-14-10-22(32)11-15-24)30-9-5-4-7-26(30)35-29/h4-11,14-15,18,21,23,25,28,36,38H,12-13,16-17,19H2,1-3H3. The van der Waals surface area contributed by atoms with E-state index in [4.69, 9.17) is 14.7 Å². The van der Waals surface area contributed by atoms with Crippen LogP contribution in [0.5, 0.6) is 5.88 Å². The fraction of sp³-hybridized carbons (Fsp3) is 0.387. The minimum absolute atomic E-state index is 0.0666. The monoisotopic (exact) mass is 529 g/mol. The van der Waals surface area contributed by atoms with Crippen LogP contribution in [0.2, 0.25) is 0 Å². The molecule has 0 bridgehead atoms. The van der Waals surface area contributed by atoms with Crippen molar-refractivity contribution >= 4 is 34.2 Å². The Kier molecular flexibility index (Phi) is 8.21. The van der Waals surface area contributed by atoms with Gasteiger partial charge in [0.05, 0.1) is 48.4 Å². The molecule has 204 valence electrons. The van der Waals surface area contributed by atoms with Crippen molar-refractivity contribution in [2.45, 2.75) is 70.2 Å². The Hall–Kier alpha value is -3.78. The SMILES string of the molecule is COc1ncccc1NC(CC1=Nc2ccccc2N(c2ccc(F)cc2)C1C)C(C)=NC1CCC(O)CC1. The first-order valence-corrected chi connectivity index (χ1v) is 13.6. The number of aliphatic hydroxyl groups excluding tert-OH is 1. The number of fused-ring (bicyclic) bond motifs is 1. The largest absolute Gasteiger partial charge is 0.480 e. The summed E-state index contributed by atoms with van der Waals surface area (Å²) >= 11 is 0. The molecule has 2 aromatic carbocycles. The highest BCUT2D eigenvalue weighted by Crippen LogP contribution is 2.40. The zero-order valence-corrected chi connectivity index (χ0v) is 22.7. The summed E-state index contributed by atoms with van der Waals surface area (Å²) < 4.78 is 19.3. The summed E-state index contributed by atoms with van der Waals surface area (Å²) in [6.45, 7) is 4.19. The van der Waals surface area contributed by atoms with Crippen LogP contribution in [0.4, 0.5) is 27.1 Å². The molecule has 1 aliphatic carbocycles. The lowest BCUT2D eigenvalue weighted by Gasteiger charge is -2.37. The van der Waals surface area contributed by atoms with E-state index in [1.807, 2.05) is 42.5 Å². The van der Waals surface area contributed by atoms with Gasteiger partial charge in [0.2, 0.25) is 5.88 Å². The molecule has 2 unspecified atom stereocenters. The molecule has 3 aromatic rings. The first-order valence-electron chi connectivity index (χ1n) is 13.6. The molecule has 1 aromatic heterocycles. The predicted molar refractivity (Wildman–Crippen MR) is 156 cm³/mol. The van der Waals surface area contributed by atoms with Gasteiger partial charge in [0, 0.05) is 29.7 Å². The Labute approximate surface area is 229 Å². The van der Waals surface area contributed by atoms with Crippen LogP contribution in [0.15, 0.2) is 76.8 Å². The first kappa shape index (κ1) is 26.8. The maximum Gasteiger partial charge on any atom is 0.237 e. The number of rotatable bonds is 8. The van der Waals surface area contributed by atoms with E-state index in [0.29, 0.717) is 12.3 Å². The molecular weight excluding hydrogens is 493 g/mol. The molecule has 7 nitrogen and oxygen atoms in total. The van der Waals surface area contributed by atoms with Gasteiger partial charge in [0.15, 0.2) is 0 Å². The number of hydrogen-bond donors (Lipinski definition) is 2. The molecule has 2 atom stereocenters. The molecule has 39 heavy (non-hydrogen) atoms. The van der Waals surface area contributed by atoms with Crippen LogP contribution in [0.25, 0.3) is 0 Å². The molecule has 0 spiro atoms. The third-order valence-corrected chi connectivity index (χ3v) is 7.64. The predicted octanol–water partition coefficient (Wildman–Crippen LogP) is 6.48. The normalized spacial score (nSPS) is 22.1. The van der Waals surface area contributed by atoms with E-state index in [2.05, 4.69) is 35.1 Å². The number of benzene rings is 2. The summed E-state index contributed by atoms with van der Waals surface area (Å²) in [5, 5.41) is 13.6. The Morgan fingerprint density at radius 2 is 1.85 bits per heavy atom. The fourth-order valence-electron chi connectivity index (χ4n) is 5.48. The molecule has 8 heteroatoms. The van der Waals surface area contributed by atoms with Gasteiger partial charge < -0.3 is 20.1 Å². The first-order chi connectivity index (χ1) is 18.9. The molecule has 1 fully saturated rings. The fourth-order valence-corrected chi connectivity index (χ4v) is 5.48. The van der Waals surface area contributed by atoms with Crippen LogP contribution in [0, 0.1) is 5.82 Å². The molecule has 0 radical (unpaired) electrons. The number of ether oxygens (including phenoxy) is 1. The van der Waals surface area contributed by atoms with E-state index < -0.39 is 0 Å². The van der Waals surface area contributed by atoms with Gasteiger partial charge in [-0.3, -0.25) is 9.98 Å². The number of anilines is 3. The molecule has 1 aliphatic heterocycles. The number of nitrogens with zero attached hydrogens (tertiary/aromatic N) is 4. The number of halogens is 1. The van der Waals surface area contributed by atoms with Gasteiger partial charge in [0.25, 0.3) is 0 Å². The van der Waals surface area contributed by atoms with E-state index in [9.17, 15) is 9.50 Å². The minimum Gasteiger partial charge on any atom is -0.480 e. The zero-order chi connectivity index (χ0) is 27.4. The maximum absolute atomic E-state index is 13.8. The lowest BCUT2D eigenvalue weighted by Crippen LogP contribution is -2.42. The summed E-state index contributed by atoms with van der Waals surface area (Å²) in [5.74, 6) is 0.260. The van der Waals surface area contributed by atoms with Gasteiger partial charge >= 0.3 is 0 Å². The van der Waals surface area contributed by atoms with E-state index in [-0.39, 0.29) is 30.0 Å². The molecule has 1 saturated carbocycles. The topological polar surface area (TPSA) is 82.3 Å². The van der Waals surface area contributed by atoms with Gasteiger partial charge in [-0.2, -0.15) is 0 Å². The Balaban J connectivity index is 1.49. The lowest BCUT2D eigenvalue weighted by molar-refractivity contribution is 0.123. The van der Waals surface area contributed by atoms with Crippen LogP contribution in [0.3, 0.4) is 0 Å². The third-order valence-electron chi connectivity index (χ3n) is 7.64. The average Bonchev–Trinajstić information content (AvgIpc) is 2.95. The van der Waals surface area contributed by atoms with Gasteiger partial charge in [-0.1, -0.05) is 12.1 Å². The molecule has 2 aliphatic rings. The Bertz CT molecular complexity index is 1330. The van der Waals surface area contributed by atoms with Crippen molar-refractivity contribution in [3.8, 4) is 5.88 Å². The summed E-state index contributed by atoms with van der Waals surface area (Å²) in [4.78, 5) is 16.8. The Morgan fingerprint density at radius 1 is 1.10 bits per heavy atom. The van der Waals surface area contributed by atoms with Crippen molar-refractivity contribution in [3.63, 3.8) is 0 Å². The van der Waals surface area contributed by atoms with Crippen LogP contribution in [-0.2, 0) is 0 Å². The molecule has 2 N–H and O–H groups in total. The second-order valence-corrected chi connectivity index (χ2v) is 10.3. The second-order valence-electron chi connectivity index (χ2n) is 10.3. The van der Waals surface area contributed by atoms with Crippen LogP contribution in [0.1, 0.15) is 46.0 Å². The highest BCUT2D eigenvalue weighted by molar-refractivity contribution is 6.04. The van der Waals surface area contributed by atoms with Crippen LogP contribution in [-0.4, -0.2) is 52.9 Å². The van der Waals surface area contributed by atoms with E-state index in [0.717, 1.165) is 59.9 Å². The van der Waals surface area contributed by atoms with Crippen molar-refractivity contribution in [2.75, 3.05) is 17.3 Å². The number of methoxy groups -OCH3 is 1. The maximum atomic E-state index is 13.8. The average molecular weight is 530 g/mol. The second kappa shape index (κ2) is 11.9. The smallest absolute Gasteiger partial charge is 0.237 e. The number of nitrogens with one attached hydrogen (secondary N) is 1. The van der Waals surface area contributed by atoms with Crippen molar-refractivity contribution in [2.24, 2.45) is 9.98 Å². The molecule has 0 amide bonds. The quantitative estimate of drug-likeness (QED) is 0.327. The summed E-state index contributed by atoms with van der Waals surface area (Å²) in [6, 6.07) is 18.5.